The second-order valence-corrected chi connectivity index (χ2v) is 5.35. The summed E-state index contributed by atoms with van der Waals surface area (Å²) >= 11 is 0. The molecule has 1 aliphatic carbocycles. The van der Waals surface area contributed by atoms with E-state index in [1.54, 1.807) is 0 Å². The van der Waals surface area contributed by atoms with Crippen LogP contribution in [0, 0.1) is 0 Å². The lowest BCUT2D eigenvalue weighted by Gasteiger charge is -2.23. The molecule has 1 aliphatic heterocycles. The monoisotopic (exact) mass is 247 g/mol. The van der Waals surface area contributed by atoms with Gasteiger partial charge in [-0.3, -0.25) is 4.90 Å². The lowest BCUT2D eigenvalue weighted by Crippen LogP contribution is -2.35. The van der Waals surface area contributed by atoms with Crippen molar-refractivity contribution in [3.8, 4) is 0 Å². The number of hydrogen-bond donors (Lipinski definition) is 1. The minimum Gasteiger partial charge on any atom is -0.389 e. The van der Waals surface area contributed by atoms with Gasteiger partial charge in [0.2, 0.25) is 0 Å². The van der Waals surface area contributed by atoms with Crippen LogP contribution in [-0.2, 0) is 17.6 Å². The van der Waals surface area contributed by atoms with Crippen molar-refractivity contribution in [2.75, 3.05) is 19.7 Å². The SMILES string of the molecule is CCO[C@@H]1CN(C2Cc3ccccc3C2)C[C@H]1O. The van der Waals surface area contributed by atoms with E-state index in [2.05, 4.69) is 29.2 Å². The van der Waals surface area contributed by atoms with Crippen LogP contribution < -0.4 is 0 Å². The molecule has 1 N–H and O–H groups in total. The van der Waals surface area contributed by atoms with Gasteiger partial charge in [0, 0.05) is 25.7 Å². The van der Waals surface area contributed by atoms with Gasteiger partial charge in [-0.1, -0.05) is 24.3 Å². The number of ether oxygens (including phenoxy) is 1. The first-order valence-corrected chi connectivity index (χ1v) is 6.88. The number of aliphatic hydroxyl groups excluding tert-OH is 1. The Hall–Kier alpha value is -0.900. The second kappa shape index (κ2) is 5.00. The number of benzene rings is 1. The molecule has 0 spiro atoms. The quantitative estimate of drug-likeness (QED) is 0.872. The Morgan fingerprint density at radius 2 is 1.89 bits per heavy atom. The third kappa shape index (κ3) is 2.18. The summed E-state index contributed by atoms with van der Waals surface area (Å²) in [6.07, 6.45) is 1.90. The molecule has 3 rings (SSSR count). The summed E-state index contributed by atoms with van der Waals surface area (Å²) < 4.78 is 5.59. The van der Waals surface area contributed by atoms with Crippen molar-refractivity contribution in [1.29, 1.82) is 0 Å². The molecule has 0 saturated carbocycles. The number of hydrogen-bond acceptors (Lipinski definition) is 3. The molecule has 18 heavy (non-hydrogen) atoms. The van der Waals surface area contributed by atoms with Gasteiger partial charge in [0.15, 0.2) is 0 Å². The van der Waals surface area contributed by atoms with E-state index in [4.69, 9.17) is 4.74 Å². The second-order valence-electron chi connectivity index (χ2n) is 5.35. The molecule has 0 amide bonds. The normalized spacial score (nSPS) is 28.8. The highest BCUT2D eigenvalue weighted by Crippen LogP contribution is 2.28. The van der Waals surface area contributed by atoms with E-state index in [0.29, 0.717) is 12.6 Å². The molecule has 3 heteroatoms. The highest BCUT2D eigenvalue weighted by atomic mass is 16.5. The molecular formula is C15H21NO2. The molecule has 1 fully saturated rings. The Bertz CT molecular complexity index is 396. The maximum Gasteiger partial charge on any atom is 0.0972 e. The smallest absolute Gasteiger partial charge is 0.0972 e. The number of rotatable bonds is 3. The van der Waals surface area contributed by atoms with Crippen LogP contribution in [0.2, 0.25) is 0 Å². The van der Waals surface area contributed by atoms with Crippen molar-refractivity contribution in [2.24, 2.45) is 0 Å². The standard InChI is InChI=1S/C15H21NO2/c1-2-18-15-10-16(9-14(15)17)13-7-11-5-3-4-6-12(11)8-13/h3-6,13-15,17H,2,7-10H2,1H3/t14-,15-/m1/s1. The van der Waals surface area contributed by atoms with Gasteiger partial charge in [-0.2, -0.15) is 0 Å². The number of fused-ring (bicyclic) bond motifs is 1. The molecule has 1 saturated heterocycles. The predicted octanol–water partition coefficient (Wildman–Crippen LogP) is 1.24. The fourth-order valence-electron chi connectivity index (χ4n) is 3.26. The maximum absolute atomic E-state index is 10.0. The summed E-state index contributed by atoms with van der Waals surface area (Å²) in [5, 5.41) is 10.0. The van der Waals surface area contributed by atoms with Crippen LogP contribution in [0.1, 0.15) is 18.1 Å². The molecule has 1 aromatic carbocycles. The van der Waals surface area contributed by atoms with Gasteiger partial charge < -0.3 is 9.84 Å². The first-order chi connectivity index (χ1) is 8.78. The molecule has 3 nitrogen and oxygen atoms in total. The van der Waals surface area contributed by atoms with Gasteiger partial charge in [0.05, 0.1) is 12.2 Å². The van der Waals surface area contributed by atoms with Crippen molar-refractivity contribution < 1.29 is 9.84 Å². The van der Waals surface area contributed by atoms with Crippen molar-refractivity contribution in [1.82, 2.24) is 4.90 Å². The number of β-amino-alcohol motifs (C(OH)–C–C–N with tert-alkyl or cyclic N) is 1. The first-order valence-electron chi connectivity index (χ1n) is 6.88. The average molecular weight is 247 g/mol. The fourth-order valence-corrected chi connectivity index (χ4v) is 3.26. The summed E-state index contributed by atoms with van der Waals surface area (Å²) in [4.78, 5) is 2.39. The topological polar surface area (TPSA) is 32.7 Å². The molecule has 0 unspecified atom stereocenters. The molecule has 2 aliphatic rings. The maximum atomic E-state index is 10.0. The molecule has 1 aromatic rings. The predicted molar refractivity (Wildman–Crippen MR) is 70.6 cm³/mol. The zero-order valence-electron chi connectivity index (χ0n) is 10.9. The van der Waals surface area contributed by atoms with Gasteiger partial charge in [-0.05, 0) is 30.9 Å². The van der Waals surface area contributed by atoms with Gasteiger partial charge >= 0.3 is 0 Å². The number of nitrogens with zero attached hydrogens (tertiary/aromatic N) is 1. The van der Waals surface area contributed by atoms with E-state index in [-0.39, 0.29) is 12.2 Å². The number of likely N-dealkylation sites (tertiary alicyclic amines) is 1. The van der Waals surface area contributed by atoms with Crippen LogP contribution in [-0.4, -0.2) is 48.0 Å². The summed E-state index contributed by atoms with van der Waals surface area (Å²) in [5.41, 5.74) is 2.94. The lowest BCUT2D eigenvalue weighted by molar-refractivity contribution is -0.00259. The third-order valence-electron chi connectivity index (χ3n) is 4.19. The van der Waals surface area contributed by atoms with Crippen molar-refractivity contribution >= 4 is 0 Å². The molecule has 0 radical (unpaired) electrons. The minimum absolute atomic E-state index is 0.00119. The Kier molecular flexibility index (Phi) is 3.37. The molecule has 0 bridgehead atoms. The van der Waals surface area contributed by atoms with E-state index >= 15 is 0 Å². The van der Waals surface area contributed by atoms with E-state index in [9.17, 15) is 5.11 Å². The van der Waals surface area contributed by atoms with Crippen molar-refractivity contribution in [3.63, 3.8) is 0 Å². The Labute approximate surface area is 108 Å². The summed E-state index contributed by atoms with van der Waals surface area (Å²) in [7, 11) is 0. The van der Waals surface area contributed by atoms with Gasteiger partial charge in [0.1, 0.15) is 0 Å². The summed E-state index contributed by atoms with van der Waals surface area (Å²) in [6, 6.07) is 9.22. The Morgan fingerprint density at radius 3 is 2.50 bits per heavy atom. The zero-order valence-corrected chi connectivity index (χ0v) is 10.9. The average Bonchev–Trinajstić information content (AvgIpc) is 2.94. The fraction of sp³-hybridized carbons (Fsp3) is 0.600. The molecule has 1 heterocycles. The highest BCUT2D eigenvalue weighted by Gasteiger charge is 2.37. The first kappa shape index (κ1) is 12.2. The van der Waals surface area contributed by atoms with E-state index in [1.807, 2.05) is 6.92 Å². The third-order valence-corrected chi connectivity index (χ3v) is 4.19. The van der Waals surface area contributed by atoms with Crippen molar-refractivity contribution in [2.45, 2.75) is 38.0 Å². The molecule has 0 aromatic heterocycles. The van der Waals surface area contributed by atoms with Crippen LogP contribution in [0.5, 0.6) is 0 Å². The van der Waals surface area contributed by atoms with Gasteiger partial charge in [0.25, 0.3) is 0 Å². The largest absolute Gasteiger partial charge is 0.389 e. The zero-order chi connectivity index (χ0) is 12.5. The van der Waals surface area contributed by atoms with Crippen LogP contribution in [0.3, 0.4) is 0 Å². The van der Waals surface area contributed by atoms with E-state index < -0.39 is 0 Å². The van der Waals surface area contributed by atoms with E-state index in [0.717, 1.165) is 25.9 Å². The highest BCUT2D eigenvalue weighted by molar-refractivity contribution is 5.33. The molecule has 98 valence electrons. The summed E-state index contributed by atoms with van der Waals surface area (Å²) in [6.45, 7) is 4.29. The van der Waals surface area contributed by atoms with Crippen molar-refractivity contribution in [3.05, 3.63) is 35.4 Å². The molecular weight excluding hydrogens is 226 g/mol. The van der Waals surface area contributed by atoms with Gasteiger partial charge in [-0.25, -0.2) is 0 Å². The van der Waals surface area contributed by atoms with Crippen LogP contribution >= 0.6 is 0 Å². The Balaban J connectivity index is 1.65. The minimum atomic E-state index is -0.325. The van der Waals surface area contributed by atoms with Crippen LogP contribution in [0.25, 0.3) is 0 Å². The summed E-state index contributed by atoms with van der Waals surface area (Å²) in [5.74, 6) is 0. The Morgan fingerprint density at radius 1 is 1.22 bits per heavy atom. The van der Waals surface area contributed by atoms with Crippen LogP contribution in [0.15, 0.2) is 24.3 Å². The lowest BCUT2D eigenvalue weighted by atomic mass is 10.1. The van der Waals surface area contributed by atoms with E-state index in [1.165, 1.54) is 11.1 Å². The number of aliphatic hydroxyl groups is 1. The van der Waals surface area contributed by atoms with Gasteiger partial charge in [-0.15, -0.1) is 0 Å². The molecule has 2 atom stereocenters. The van der Waals surface area contributed by atoms with Crippen LogP contribution in [0.4, 0.5) is 0 Å².